The number of amides is 1. The Balaban J connectivity index is 1.48. The largest absolute Gasteiger partial charge is 0.496 e. The molecule has 4 aromatic carbocycles. The quantitative estimate of drug-likeness (QED) is 0.211. The van der Waals surface area contributed by atoms with Crippen molar-refractivity contribution in [3.05, 3.63) is 126 Å². The Hall–Kier alpha value is -4.72. The smallest absolute Gasteiger partial charge is 0.416 e. The van der Waals surface area contributed by atoms with Crippen LogP contribution in [0.3, 0.4) is 0 Å². The number of hydrogen-bond acceptors (Lipinski definition) is 3. The van der Waals surface area contributed by atoms with E-state index in [1.54, 1.807) is 31.5 Å². The fourth-order valence-electron chi connectivity index (χ4n) is 4.69. The number of benzene rings is 4. The summed E-state index contributed by atoms with van der Waals surface area (Å²) < 4.78 is 58.4. The minimum absolute atomic E-state index is 0.255. The third-order valence-electron chi connectivity index (χ3n) is 6.74. The van der Waals surface area contributed by atoms with Crippen molar-refractivity contribution in [1.29, 1.82) is 0 Å². The van der Waals surface area contributed by atoms with E-state index in [2.05, 4.69) is 10.3 Å². The highest BCUT2D eigenvalue weighted by atomic mass is 19.4. The molecule has 5 rings (SSSR count). The van der Waals surface area contributed by atoms with E-state index in [1.807, 2.05) is 42.5 Å². The molecule has 0 fully saturated rings. The molecular weight excluding hydrogens is 520 g/mol. The van der Waals surface area contributed by atoms with Gasteiger partial charge in [0.2, 0.25) is 5.91 Å². The van der Waals surface area contributed by atoms with Gasteiger partial charge in [0.15, 0.2) is 0 Å². The summed E-state index contributed by atoms with van der Waals surface area (Å²) in [7, 11) is 1.55. The van der Waals surface area contributed by atoms with Crippen LogP contribution in [-0.2, 0) is 17.4 Å². The lowest BCUT2D eigenvalue weighted by Crippen LogP contribution is -2.23. The number of anilines is 1. The van der Waals surface area contributed by atoms with Gasteiger partial charge in [-0.1, -0.05) is 42.5 Å². The molecule has 0 aliphatic rings. The number of aromatic nitrogens is 1. The van der Waals surface area contributed by atoms with Gasteiger partial charge >= 0.3 is 6.18 Å². The van der Waals surface area contributed by atoms with E-state index in [4.69, 9.17) is 4.74 Å². The second kappa shape index (κ2) is 11.2. The van der Waals surface area contributed by atoms with E-state index in [9.17, 15) is 22.4 Å². The summed E-state index contributed by atoms with van der Waals surface area (Å²) in [5.41, 5.74) is 3.24. The molecule has 5 aromatic rings. The average Bonchev–Trinajstić information content (AvgIpc) is 2.95. The van der Waals surface area contributed by atoms with E-state index in [-0.39, 0.29) is 17.4 Å². The number of alkyl halides is 3. The zero-order chi connectivity index (χ0) is 28.3. The molecule has 1 N–H and O–H groups in total. The molecule has 0 unspecified atom stereocenters. The summed E-state index contributed by atoms with van der Waals surface area (Å²) in [4.78, 5) is 17.8. The lowest BCUT2D eigenvalue weighted by Gasteiger charge is -2.20. The topological polar surface area (TPSA) is 51.2 Å². The number of carbonyl (C=O) groups is 1. The van der Waals surface area contributed by atoms with Crippen molar-refractivity contribution in [3.8, 4) is 16.9 Å². The molecule has 1 amide bonds. The zero-order valence-corrected chi connectivity index (χ0v) is 21.4. The highest BCUT2D eigenvalue weighted by Gasteiger charge is 2.30. The predicted molar refractivity (Wildman–Crippen MR) is 147 cm³/mol. The summed E-state index contributed by atoms with van der Waals surface area (Å²) in [5.74, 6) is -0.805. The van der Waals surface area contributed by atoms with Gasteiger partial charge < -0.3 is 10.1 Å². The average molecular weight is 545 g/mol. The summed E-state index contributed by atoms with van der Waals surface area (Å²) in [6.07, 6.45) is -2.52. The van der Waals surface area contributed by atoms with Crippen LogP contribution in [0.2, 0.25) is 0 Å². The number of carbonyl (C=O) groups excluding carboxylic acids is 1. The van der Waals surface area contributed by atoms with Crippen LogP contribution in [0.25, 0.3) is 22.0 Å². The molecule has 0 aliphatic heterocycles. The molecule has 40 heavy (non-hydrogen) atoms. The van der Waals surface area contributed by atoms with Crippen molar-refractivity contribution in [3.63, 3.8) is 0 Å². The molecule has 4 nitrogen and oxygen atoms in total. The Morgan fingerprint density at radius 3 is 2.35 bits per heavy atom. The maximum absolute atomic E-state index is 14.0. The summed E-state index contributed by atoms with van der Waals surface area (Å²) >= 11 is 0. The van der Waals surface area contributed by atoms with Crippen LogP contribution in [0, 0.1) is 5.82 Å². The number of methoxy groups -OCH3 is 1. The molecule has 1 heterocycles. The van der Waals surface area contributed by atoms with Gasteiger partial charge in [0.1, 0.15) is 11.6 Å². The van der Waals surface area contributed by atoms with Gasteiger partial charge in [0.05, 0.1) is 24.1 Å². The van der Waals surface area contributed by atoms with Gasteiger partial charge in [0, 0.05) is 17.3 Å². The van der Waals surface area contributed by atoms with Crippen molar-refractivity contribution in [2.75, 3.05) is 12.4 Å². The lowest BCUT2D eigenvalue weighted by molar-refractivity contribution is -0.137. The number of pyridine rings is 1. The molecule has 0 radical (unpaired) electrons. The fraction of sp³-hybridized carbons (Fsp3) is 0.125. The third kappa shape index (κ3) is 5.81. The number of fused-ring (bicyclic) bond motifs is 1. The van der Waals surface area contributed by atoms with Crippen LogP contribution >= 0.6 is 0 Å². The number of nitrogens with one attached hydrogen (secondary N) is 1. The fourth-order valence-corrected chi connectivity index (χ4v) is 4.69. The highest BCUT2D eigenvalue weighted by Crippen LogP contribution is 2.33. The first-order valence-electron chi connectivity index (χ1n) is 12.5. The number of hydrogen-bond donors (Lipinski definition) is 1. The van der Waals surface area contributed by atoms with Crippen LogP contribution in [0.4, 0.5) is 23.2 Å². The van der Waals surface area contributed by atoms with Gasteiger partial charge in [-0.05, 0) is 83.3 Å². The number of halogens is 4. The molecule has 0 saturated carbocycles. The van der Waals surface area contributed by atoms with E-state index >= 15 is 0 Å². The number of rotatable bonds is 7. The maximum atomic E-state index is 14.0. The predicted octanol–water partition coefficient (Wildman–Crippen LogP) is 8.03. The van der Waals surface area contributed by atoms with Crippen LogP contribution < -0.4 is 10.1 Å². The minimum atomic E-state index is -4.47. The van der Waals surface area contributed by atoms with Gasteiger partial charge in [-0.3, -0.25) is 9.78 Å². The Bertz CT molecular complexity index is 1650. The first-order valence-corrected chi connectivity index (χ1v) is 12.5. The Labute approximate surface area is 228 Å². The second-order valence-corrected chi connectivity index (χ2v) is 9.27. The zero-order valence-electron chi connectivity index (χ0n) is 21.4. The van der Waals surface area contributed by atoms with Crippen LogP contribution in [-0.4, -0.2) is 18.0 Å². The Kier molecular flexibility index (Phi) is 7.51. The SMILES string of the molecule is COc1ccccc1C[C@@H](C(=O)Nc1ccc(C(F)(F)F)cc1)c1ccc(-c2ccnc3ccc(F)cc23)cc1. The maximum Gasteiger partial charge on any atom is 0.416 e. The minimum Gasteiger partial charge on any atom is -0.496 e. The van der Waals surface area contributed by atoms with Gasteiger partial charge in [-0.25, -0.2) is 4.39 Å². The van der Waals surface area contributed by atoms with Crippen LogP contribution in [0.1, 0.15) is 22.6 Å². The molecular formula is C32H24F4N2O2. The monoisotopic (exact) mass is 544 g/mol. The molecule has 0 bridgehead atoms. The molecule has 0 saturated heterocycles. The Morgan fingerprint density at radius 2 is 1.65 bits per heavy atom. The summed E-state index contributed by atoms with van der Waals surface area (Å²) in [6.45, 7) is 0. The number of nitrogens with zero attached hydrogens (tertiary/aromatic N) is 1. The first-order chi connectivity index (χ1) is 19.2. The van der Waals surface area contributed by atoms with Crippen molar-refractivity contribution in [1.82, 2.24) is 4.98 Å². The van der Waals surface area contributed by atoms with E-state index in [1.165, 1.54) is 24.3 Å². The van der Waals surface area contributed by atoms with E-state index in [0.717, 1.165) is 28.8 Å². The second-order valence-electron chi connectivity index (χ2n) is 9.27. The van der Waals surface area contributed by atoms with Crippen LogP contribution in [0.15, 0.2) is 103 Å². The van der Waals surface area contributed by atoms with Crippen molar-refractivity contribution in [2.24, 2.45) is 0 Å². The van der Waals surface area contributed by atoms with Crippen molar-refractivity contribution < 1.29 is 27.1 Å². The molecule has 1 aromatic heterocycles. The van der Waals surface area contributed by atoms with E-state index in [0.29, 0.717) is 28.6 Å². The van der Waals surface area contributed by atoms with Gasteiger partial charge in [-0.15, -0.1) is 0 Å². The Morgan fingerprint density at radius 1 is 0.925 bits per heavy atom. The summed E-state index contributed by atoms with van der Waals surface area (Å²) in [6, 6.07) is 25.3. The normalized spacial score (nSPS) is 12.2. The molecule has 202 valence electrons. The van der Waals surface area contributed by atoms with Crippen LogP contribution in [0.5, 0.6) is 5.75 Å². The van der Waals surface area contributed by atoms with Crippen molar-refractivity contribution in [2.45, 2.75) is 18.5 Å². The standard InChI is InChI=1S/C32H24F4N2O2/c1-40-30-5-3-2-4-22(30)18-27(31(39)38-25-13-10-23(11-14-25)32(34,35)36)21-8-6-20(7-9-21)26-16-17-37-29-15-12-24(33)19-28(26)29/h2-17,19,27H,18H2,1H3,(H,38,39)/t27-/m1/s1. The molecule has 0 spiro atoms. The number of ether oxygens (including phenoxy) is 1. The van der Waals surface area contributed by atoms with Gasteiger partial charge in [-0.2, -0.15) is 13.2 Å². The van der Waals surface area contributed by atoms with E-state index < -0.39 is 17.7 Å². The van der Waals surface area contributed by atoms with Crippen molar-refractivity contribution >= 4 is 22.5 Å². The third-order valence-corrected chi connectivity index (χ3v) is 6.74. The lowest BCUT2D eigenvalue weighted by atomic mass is 9.89. The number of para-hydroxylation sites is 1. The summed E-state index contributed by atoms with van der Waals surface area (Å²) in [5, 5.41) is 3.42. The molecule has 1 atom stereocenters. The first kappa shape index (κ1) is 26.9. The molecule has 8 heteroatoms. The molecule has 0 aliphatic carbocycles. The van der Waals surface area contributed by atoms with Gasteiger partial charge in [0.25, 0.3) is 0 Å². The highest BCUT2D eigenvalue weighted by molar-refractivity contribution is 5.97.